The Morgan fingerprint density at radius 1 is 1.67 bits per heavy atom. The predicted octanol–water partition coefficient (Wildman–Crippen LogP) is 2.11. The Labute approximate surface area is 91.6 Å². The van der Waals surface area contributed by atoms with E-state index in [9.17, 15) is 0 Å². The molecule has 1 rings (SSSR count). The Morgan fingerprint density at radius 3 is 2.87 bits per heavy atom. The summed E-state index contributed by atoms with van der Waals surface area (Å²) in [5.41, 5.74) is 8.04. The molecule has 0 aromatic carbocycles. The molecule has 0 bridgehead atoms. The summed E-state index contributed by atoms with van der Waals surface area (Å²) in [5, 5.41) is 0. The quantitative estimate of drug-likeness (QED) is 0.765. The molecule has 1 atom stereocenters. The second-order valence-corrected chi connectivity index (χ2v) is 4.05. The first-order valence-electron chi connectivity index (χ1n) is 5.07. The van der Waals surface area contributed by atoms with Gasteiger partial charge in [-0.2, -0.15) is 0 Å². The smallest absolute Gasteiger partial charge is 0.128 e. The maximum Gasteiger partial charge on any atom is 0.128 e. The molecule has 0 saturated carbocycles. The van der Waals surface area contributed by atoms with Crippen LogP contribution >= 0.6 is 0 Å². The van der Waals surface area contributed by atoms with E-state index in [0.717, 1.165) is 23.5 Å². The average Bonchev–Trinajstić information content (AvgIpc) is 2.17. The summed E-state index contributed by atoms with van der Waals surface area (Å²) in [7, 11) is 2.00. The Hall–Kier alpha value is -1.35. The zero-order valence-electron chi connectivity index (χ0n) is 9.70. The molecule has 0 radical (unpaired) electrons. The highest BCUT2D eigenvalue weighted by molar-refractivity contribution is 5.42. The van der Waals surface area contributed by atoms with Gasteiger partial charge < -0.3 is 10.6 Å². The standard InChI is InChI=1S/C12H19N3/c1-9(2)8-15(4)12-7-11(10(3)13)5-6-14-12/h5-7,10H,1,8,13H2,2-4H3/t10-/m1/s1. The third kappa shape index (κ3) is 3.36. The van der Waals surface area contributed by atoms with Crippen LogP contribution in [-0.2, 0) is 0 Å². The summed E-state index contributed by atoms with van der Waals surface area (Å²) in [6.45, 7) is 8.67. The Morgan fingerprint density at radius 2 is 2.33 bits per heavy atom. The van der Waals surface area contributed by atoms with Gasteiger partial charge in [-0.15, -0.1) is 0 Å². The number of pyridine rings is 1. The third-order valence-corrected chi connectivity index (χ3v) is 2.19. The molecule has 2 N–H and O–H groups in total. The van der Waals surface area contributed by atoms with Crippen LogP contribution in [0.2, 0.25) is 0 Å². The first kappa shape index (κ1) is 11.7. The van der Waals surface area contributed by atoms with Gasteiger partial charge in [0.25, 0.3) is 0 Å². The topological polar surface area (TPSA) is 42.1 Å². The van der Waals surface area contributed by atoms with Gasteiger partial charge in [-0.25, -0.2) is 4.98 Å². The fourth-order valence-corrected chi connectivity index (χ4v) is 1.41. The van der Waals surface area contributed by atoms with Crippen LogP contribution in [0.4, 0.5) is 5.82 Å². The first-order valence-corrected chi connectivity index (χ1v) is 5.07. The SMILES string of the molecule is C=C(C)CN(C)c1cc([C@@H](C)N)ccn1. The molecule has 0 unspecified atom stereocenters. The van der Waals surface area contributed by atoms with Gasteiger partial charge in [-0.1, -0.05) is 12.2 Å². The number of nitrogens with two attached hydrogens (primary N) is 1. The summed E-state index contributed by atoms with van der Waals surface area (Å²) >= 11 is 0. The van der Waals surface area contributed by atoms with E-state index in [2.05, 4.69) is 16.5 Å². The number of hydrogen-bond acceptors (Lipinski definition) is 3. The third-order valence-electron chi connectivity index (χ3n) is 2.19. The summed E-state index contributed by atoms with van der Waals surface area (Å²) in [6.07, 6.45) is 1.79. The van der Waals surface area contributed by atoms with E-state index < -0.39 is 0 Å². The summed E-state index contributed by atoms with van der Waals surface area (Å²) in [5.74, 6) is 0.938. The normalized spacial score (nSPS) is 12.3. The largest absolute Gasteiger partial charge is 0.356 e. The molecule has 3 nitrogen and oxygen atoms in total. The molecule has 0 aliphatic carbocycles. The van der Waals surface area contributed by atoms with Crippen LogP contribution in [0.15, 0.2) is 30.5 Å². The van der Waals surface area contributed by atoms with Crippen LogP contribution < -0.4 is 10.6 Å². The molecule has 0 fully saturated rings. The molecular weight excluding hydrogens is 186 g/mol. The van der Waals surface area contributed by atoms with Crippen LogP contribution in [0.3, 0.4) is 0 Å². The minimum absolute atomic E-state index is 0.0463. The summed E-state index contributed by atoms with van der Waals surface area (Å²) in [6, 6.07) is 4.01. The van der Waals surface area contributed by atoms with Gasteiger partial charge in [0, 0.05) is 25.8 Å². The number of nitrogens with zero attached hydrogens (tertiary/aromatic N) is 2. The van der Waals surface area contributed by atoms with Crippen molar-refractivity contribution in [3.63, 3.8) is 0 Å². The second kappa shape index (κ2) is 4.94. The predicted molar refractivity (Wildman–Crippen MR) is 64.9 cm³/mol. The molecule has 0 amide bonds. The number of likely N-dealkylation sites (N-methyl/N-ethyl adjacent to an activating group) is 1. The minimum Gasteiger partial charge on any atom is -0.356 e. The van der Waals surface area contributed by atoms with Crippen molar-refractivity contribution in [3.05, 3.63) is 36.0 Å². The molecule has 1 aromatic heterocycles. The molecule has 0 saturated heterocycles. The van der Waals surface area contributed by atoms with Crippen molar-refractivity contribution in [1.29, 1.82) is 0 Å². The minimum atomic E-state index is 0.0463. The van der Waals surface area contributed by atoms with Gasteiger partial charge in [0.1, 0.15) is 5.82 Å². The Bertz CT molecular complexity index is 344. The molecule has 1 aromatic rings. The lowest BCUT2D eigenvalue weighted by atomic mass is 10.1. The second-order valence-electron chi connectivity index (χ2n) is 4.05. The molecule has 15 heavy (non-hydrogen) atoms. The summed E-state index contributed by atoms with van der Waals surface area (Å²) < 4.78 is 0. The number of anilines is 1. The Kier molecular flexibility index (Phi) is 3.86. The van der Waals surface area contributed by atoms with E-state index in [1.807, 2.05) is 33.0 Å². The van der Waals surface area contributed by atoms with Gasteiger partial charge in [-0.3, -0.25) is 0 Å². The van der Waals surface area contributed by atoms with Crippen molar-refractivity contribution < 1.29 is 0 Å². The van der Waals surface area contributed by atoms with E-state index in [4.69, 9.17) is 5.73 Å². The van der Waals surface area contributed by atoms with Crippen LogP contribution in [0.1, 0.15) is 25.5 Å². The van der Waals surface area contributed by atoms with E-state index in [1.165, 1.54) is 0 Å². The van der Waals surface area contributed by atoms with E-state index in [1.54, 1.807) is 6.20 Å². The Balaban J connectivity index is 2.85. The van der Waals surface area contributed by atoms with Crippen LogP contribution in [0.25, 0.3) is 0 Å². The lowest BCUT2D eigenvalue weighted by molar-refractivity contribution is 0.812. The van der Waals surface area contributed by atoms with Crippen molar-refractivity contribution in [3.8, 4) is 0 Å². The lowest BCUT2D eigenvalue weighted by Crippen LogP contribution is -2.20. The van der Waals surface area contributed by atoms with Gasteiger partial charge >= 0.3 is 0 Å². The highest BCUT2D eigenvalue weighted by Gasteiger charge is 2.05. The highest BCUT2D eigenvalue weighted by atomic mass is 15.2. The van der Waals surface area contributed by atoms with Crippen LogP contribution in [-0.4, -0.2) is 18.6 Å². The van der Waals surface area contributed by atoms with Gasteiger partial charge in [-0.05, 0) is 31.5 Å². The molecule has 0 aliphatic heterocycles. The maximum atomic E-state index is 5.82. The molecule has 0 spiro atoms. The highest BCUT2D eigenvalue weighted by Crippen LogP contribution is 2.16. The van der Waals surface area contributed by atoms with Crippen molar-refractivity contribution in [2.45, 2.75) is 19.9 Å². The van der Waals surface area contributed by atoms with E-state index in [-0.39, 0.29) is 6.04 Å². The van der Waals surface area contributed by atoms with Crippen LogP contribution in [0.5, 0.6) is 0 Å². The average molecular weight is 205 g/mol. The van der Waals surface area contributed by atoms with Crippen molar-refractivity contribution in [2.75, 3.05) is 18.5 Å². The lowest BCUT2D eigenvalue weighted by Gasteiger charge is -2.19. The van der Waals surface area contributed by atoms with Gasteiger partial charge in [0.05, 0.1) is 0 Å². The number of hydrogen-bond donors (Lipinski definition) is 1. The van der Waals surface area contributed by atoms with E-state index >= 15 is 0 Å². The number of aromatic nitrogens is 1. The van der Waals surface area contributed by atoms with Crippen molar-refractivity contribution in [2.24, 2.45) is 5.73 Å². The molecule has 0 aliphatic rings. The zero-order chi connectivity index (χ0) is 11.4. The van der Waals surface area contributed by atoms with Crippen LogP contribution in [0, 0.1) is 0 Å². The van der Waals surface area contributed by atoms with Gasteiger partial charge in [0.2, 0.25) is 0 Å². The first-order chi connectivity index (χ1) is 7.00. The monoisotopic (exact) mass is 205 g/mol. The van der Waals surface area contributed by atoms with E-state index in [0.29, 0.717) is 0 Å². The molecular formula is C12H19N3. The zero-order valence-corrected chi connectivity index (χ0v) is 9.70. The van der Waals surface area contributed by atoms with Crippen molar-refractivity contribution in [1.82, 2.24) is 4.98 Å². The fourth-order valence-electron chi connectivity index (χ4n) is 1.41. The molecule has 82 valence electrons. The number of rotatable bonds is 4. The molecule has 3 heteroatoms. The fraction of sp³-hybridized carbons (Fsp3) is 0.417. The molecule has 1 heterocycles. The maximum absolute atomic E-state index is 5.82. The van der Waals surface area contributed by atoms with Crippen molar-refractivity contribution >= 4 is 5.82 Å². The van der Waals surface area contributed by atoms with Gasteiger partial charge in [0.15, 0.2) is 0 Å². The summed E-state index contributed by atoms with van der Waals surface area (Å²) in [4.78, 5) is 6.37.